The number of hydrogen-bond donors (Lipinski definition) is 2. The van der Waals surface area contributed by atoms with Crippen molar-refractivity contribution in [3.63, 3.8) is 0 Å². The van der Waals surface area contributed by atoms with Gasteiger partial charge in [0, 0.05) is 42.9 Å². The summed E-state index contributed by atoms with van der Waals surface area (Å²) in [5.41, 5.74) is 0.0832. The van der Waals surface area contributed by atoms with E-state index in [0.717, 1.165) is 17.7 Å². The van der Waals surface area contributed by atoms with Gasteiger partial charge in [0.05, 0.1) is 6.54 Å². The van der Waals surface area contributed by atoms with Crippen LogP contribution < -0.4 is 10.2 Å². The number of rotatable bonds is 6. The highest BCUT2D eigenvalue weighted by atomic mass is 16.5. The van der Waals surface area contributed by atoms with Crippen LogP contribution in [0.5, 0.6) is 0 Å². The summed E-state index contributed by atoms with van der Waals surface area (Å²) in [6.07, 6.45) is 4.22. The van der Waals surface area contributed by atoms with Crippen molar-refractivity contribution in [1.29, 1.82) is 0 Å². The van der Waals surface area contributed by atoms with Crippen LogP contribution in [0, 0.1) is 11.3 Å². The Bertz CT molecular complexity index is 968. The van der Waals surface area contributed by atoms with E-state index in [0.29, 0.717) is 32.5 Å². The van der Waals surface area contributed by atoms with Gasteiger partial charge in [0.2, 0.25) is 0 Å². The average molecular weight is 486 g/mol. The normalized spacial score (nSPS) is 21.7. The van der Waals surface area contributed by atoms with E-state index in [2.05, 4.69) is 19.2 Å². The number of carbonyl (C=O) groups is 3. The Hall–Kier alpha value is -2.87. The first-order valence-electron chi connectivity index (χ1n) is 12.4. The molecule has 8 heteroatoms. The van der Waals surface area contributed by atoms with Crippen LogP contribution >= 0.6 is 0 Å². The fourth-order valence-corrected chi connectivity index (χ4v) is 4.82. The smallest absolute Gasteiger partial charge is 0.407 e. The molecule has 0 aromatic heterocycles. The molecule has 0 radical (unpaired) electrons. The van der Waals surface area contributed by atoms with Crippen LogP contribution in [0.2, 0.25) is 0 Å². The van der Waals surface area contributed by atoms with Gasteiger partial charge in [-0.1, -0.05) is 58.9 Å². The third kappa shape index (κ3) is 6.04. The van der Waals surface area contributed by atoms with Gasteiger partial charge in [-0.05, 0) is 36.8 Å². The van der Waals surface area contributed by atoms with Crippen LogP contribution in [-0.4, -0.2) is 65.8 Å². The summed E-state index contributed by atoms with van der Waals surface area (Å²) in [7, 11) is 0. The molecule has 8 nitrogen and oxygen atoms in total. The van der Waals surface area contributed by atoms with E-state index < -0.39 is 23.2 Å². The Balaban J connectivity index is 1.81. The van der Waals surface area contributed by atoms with Crippen LogP contribution in [0.1, 0.15) is 53.0 Å². The molecule has 2 aliphatic heterocycles. The van der Waals surface area contributed by atoms with Gasteiger partial charge in [0.15, 0.2) is 5.60 Å². The molecule has 0 bridgehead atoms. The van der Waals surface area contributed by atoms with Crippen molar-refractivity contribution in [2.24, 2.45) is 11.3 Å². The maximum atomic E-state index is 13.8. The first kappa shape index (κ1) is 26.7. The molecule has 2 N–H and O–H groups in total. The first-order chi connectivity index (χ1) is 16.4. The molecule has 1 fully saturated rings. The standard InChI is InChI=1S/C27H39N3O5/c1-19(2)17-21(11-12-23(31)30-15-13-20-9-6-7-10-22(20)30)28-24(32)27(26(3,4)5)18-29(25(33)34)14-8-16-35-27/h6-7,9-12,19,21H,8,13-18H2,1-5H3,(H,28,32)(H,33,34)/t21-,27+/m1/s1. The quantitative estimate of drug-likeness (QED) is 0.597. The minimum absolute atomic E-state index is 0.0424. The fraction of sp³-hybridized carbons (Fsp3) is 0.593. The molecule has 0 aliphatic carbocycles. The van der Waals surface area contributed by atoms with Crippen molar-refractivity contribution < 1.29 is 24.2 Å². The zero-order chi connectivity index (χ0) is 25.8. The minimum Gasteiger partial charge on any atom is -0.465 e. The van der Waals surface area contributed by atoms with Crippen LogP contribution in [0.25, 0.3) is 0 Å². The van der Waals surface area contributed by atoms with E-state index in [9.17, 15) is 19.5 Å². The van der Waals surface area contributed by atoms with Crippen LogP contribution in [0.15, 0.2) is 36.4 Å². The lowest BCUT2D eigenvalue weighted by Crippen LogP contribution is -2.63. The number of para-hydroxylation sites is 1. The molecule has 0 unspecified atom stereocenters. The zero-order valence-electron chi connectivity index (χ0n) is 21.5. The Morgan fingerprint density at radius 2 is 1.91 bits per heavy atom. The molecule has 3 amide bonds. The van der Waals surface area contributed by atoms with Gasteiger partial charge in [-0.25, -0.2) is 4.79 Å². The number of ether oxygens (including phenoxy) is 1. The van der Waals surface area contributed by atoms with Crippen molar-refractivity contribution in [3.05, 3.63) is 42.0 Å². The van der Waals surface area contributed by atoms with Gasteiger partial charge < -0.3 is 25.0 Å². The van der Waals surface area contributed by atoms with E-state index in [1.165, 1.54) is 11.0 Å². The number of amides is 3. The largest absolute Gasteiger partial charge is 0.465 e. The fourth-order valence-electron chi connectivity index (χ4n) is 4.82. The van der Waals surface area contributed by atoms with Crippen molar-refractivity contribution in [2.75, 3.05) is 31.1 Å². The average Bonchev–Trinajstić information content (AvgIpc) is 3.05. The highest BCUT2D eigenvalue weighted by Crippen LogP contribution is 2.37. The molecule has 0 spiro atoms. The van der Waals surface area contributed by atoms with E-state index in [1.807, 2.05) is 45.0 Å². The number of carboxylic acid groups (broad SMARTS) is 1. The molecule has 35 heavy (non-hydrogen) atoms. The summed E-state index contributed by atoms with van der Waals surface area (Å²) in [6, 6.07) is 7.49. The van der Waals surface area contributed by atoms with Crippen molar-refractivity contribution >= 4 is 23.6 Å². The summed E-state index contributed by atoms with van der Waals surface area (Å²) in [6.45, 7) is 11.0. The molecule has 3 rings (SSSR count). The second kappa shape index (κ2) is 10.8. The zero-order valence-corrected chi connectivity index (χ0v) is 21.5. The van der Waals surface area contributed by atoms with E-state index in [-0.39, 0.29) is 24.3 Å². The van der Waals surface area contributed by atoms with Gasteiger partial charge in [0.1, 0.15) is 0 Å². The number of fused-ring (bicyclic) bond motifs is 1. The summed E-state index contributed by atoms with van der Waals surface area (Å²) in [5, 5.41) is 12.7. The molecular formula is C27H39N3O5. The molecule has 1 aromatic carbocycles. The minimum atomic E-state index is -1.34. The summed E-state index contributed by atoms with van der Waals surface area (Å²) < 4.78 is 6.13. The third-order valence-corrected chi connectivity index (χ3v) is 6.85. The SMILES string of the molecule is CC(C)C[C@@H](C=CC(=O)N1CCc2ccccc21)NC(=O)[C@]1(C(C)(C)C)CN(C(=O)O)CCCO1. The lowest BCUT2D eigenvalue weighted by Gasteiger charge is -2.44. The van der Waals surface area contributed by atoms with Gasteiger partial charge >= 0.3 is 6.09 Å². The number of hydrogen-bond acceptors (Lipinski definition) is 4. The van der Waals surface area contributed by atoms with Crippen LogP contribution in [0.4, 0.5) is 10.5 Å². The Kier molecular flexibility index (Phi) is 8.26. The molecule has 2 aliphatic rings. The van der Waals surface area contributed by atoms with Crippen molar-refractivity contribution in [2.45, 2.75) is 65.5 Å². The Labute approximate surface area is 208 Å². The maximum Gasteiger partial charge on any atom is 0.407 e. The van der Waals surface area contributed by atoms with Gasteiger partial charge in [-0.2, -0.15) is 0 Å². The third-order valence-electron chi connectivity index (χ3n) is 6.85. The predicted octanol–water partition coefficient (Wildman–Crippen LogP) is 3.85. The Morgan fingerprint density at radius 1 is 1.20 bits per heavy atom. The number of carbonyl (C=O) groups excluding carboxylic acids is 2. The summed E-state index contributed by atoms with van der Waals surface area (Å²) >= 11 is 0. The topological polar surface area (TPSA) is 99.2 Å². The summed E-state index contributed by atoms with van der Waals surface area (Å²) in [4.78, 5) is 41.6. The van der Waals surface area contributed by atoms with Crippen molar-refractivity contribution in [3.8, 4) is 0 Å². The molecule has 1 saturated heterocycles. The van der Waals surface area contributed by atoms with E-state index >= 15 is 0 Å². The predicted molar refractivity (Wildman–Crippen MR) is 135 cm³/mol. The van der Waals surface area contributed by atoms with Gasteiger partial charge in [0.25, 0.3) is 11.8 Å². The molecule has 2 atom stereocenters. The molecule has 2 heterocycles. The lowest BCUT2D eigenvalue weighted by molar-refractivity contribution is -0.165. The number of nitrogens with one attached hydrogen (secondary N) is 1. The number of benzene rings is 1. The highest BCUT2D eigenvalue weighted by Gasteiger charge is 2.52. The molecule has 1 aromatic rings. The first-order valence-corrected chi connectivity index (χ1v) is 12.4. The molecular weight excluding hydrogens is 446 g/mol. The van der Waals surface area contributed by atoms with Crippen LogP contribution in [-0.2, 0) is 20.7 Å². The van der Waals surface area contributed by atoms with Gasteiger partial charge in [-0.3, -0.25) is 9.59 Å². The van der Waals surface area contributed by atoms with Gasteiger partial charge in [-0.15, -0.1) is 0 Å². The molecule has 192 valence electrons. The highest BCUT2D eigenvalue weighted by molar-refractivity contribution is 6.03. The molecule has 0 saturated carbocycles. The second-order valence-corrected chi connectivity index (χ2v) is 10.9. The Morgan fingerprint density at radius 3 is 2.57 bits per heavy atom. The summed E-state index contributed by atoms with van der Waals surface area (Å²) in [5.74, 6) is -0.206. The van der Waals surface area contributed by atoms with Crippen LogP contribution in [0.3, 0.4) is 0 Å². The number of anilines is 1. The second-order valence-electron chi connectivity index (χ2n) is 10.9. The van der Waals surface area contributed by atoms with E-state index in [1.54, 1.807) is 11.0 Å². The van der Waals surface area contributed by atoms with E-state index in [4.69, 9.17) is 4.74 Å². The maximum absolute atomic E-state index is 13.8. The monoisotopic (exact) mass is 485 g/mol. The number of nitrogens with zero attached hydrogens (tertiary/aromatic N) is 2. The van der Waals surface area contributed by atoms with Crippen molar-refractivity contribution in [1.82, 2.24) is 10.2 Å². The lowest BCUT2D eigenvalue weighted by atomic mass is 9.74.